The van der Waals surface area contributed by atoms with Crippen molar-refractivity contribution >= 4 is 31.9 Å². The molecule has 0 aromatic heterocycles. The molecule has 18 heavy (non-hydrogen) atoms. The monoisotopic (exact) mass is 377 g/mol. The number of hydrogen-bond donors (Lipinski definition) is 0. The second-order valence-electron chi connectivity index (χ2n) is 5.00. The fourth-order valence-corrected chi connectivity index (χ4v) is 3.40. The van der Waals surface area contributed by atoms with Crippen LogP contribution in [0.3, 0.4) is 0 Å². The molecule has 0 radical (unpaired) electrons. The van der Waals surface area contributed by atoms with Gasteiger partial charge in [0.15, 0.2) is 0 Å². The molecule has 4 heteroatoms. The summed E-state index contributed by atoms with van der Waals surface area (Å²) < 4.78 is 14.0. The summed E-state index contributed by atoms with van der Waals surface area (Å²) in [6.45, 7) is 5.26. The second kappa shape index (κ2) is 6.49. The third-order valence-electron chi connectivity index (χ3n) is 3.71. The summed E-state index contributed by atoms with van der Waals surface area (Å²) in [5.74, 6) is 0.605. The van der Waals surface area contributed by atoms with Crippen LogP contribution >= 0.6 is 31.9 Å². The molecule has 0 amide bonds. The molecular formula is C14H18Br2FN. The highest BCUT2D eigenvalue weighted by Crippen LogP contribution is 2.27. The number of piperidine rings is 1. The van der Waals surface area contributed by atoms with E-state index in [1.165, 1.54) is 18.9 Å². The van der Waals surface area contributed by atoms with E-state index in [-0.39, 0.29) is 5.82 Å². The highest BCUT2D eigenvalue weighted by molar-refractivity contribution is 9.10. The van der Waals surface area contributed by atoms with Crippen LogP contribution in [-0.4, -0.2) is 22.8 Å². The number of rotatable bonds is 3. The smallest absolute Gasteiger partial charge is 0.137 e. The molecule has 1 unspecified atom stereocenters. The fourth-order valence-electron chi connectivity index (χ4n) is 2.48. The van der Waals surface area contributed by atoms with Crippen molar-refractivity contribution < 1.29 is 4.39 Å². The van der Waals surface area contributed by atoms with Crippen molar-refractivity contribution in [1.82, 2.24) is 4.90 Å². The first-order chi connectivity index (χ1) is 8.58. The van der Waals surface area contributed by atoms with Crippen LogP contribution < -0.4 is 0 Å². The molecule has 100 valence electrons. The Morgan fingerprint density at radius 3 is 2.67 bits per heavy atom. The second-order valence-corrected chi connectivity index (χ2v) is 7.24. The zero-order valence-corrected chi connectivity index (χ0v) is 13.7. The Hall–Kier alpha value is 0.0700. The Morgan fingerprint density at radius 2 is 2.06 bits per heavy atom. The van der Waals surface area contributed by atoms with Crippen molar-refractivity contribution in [2.75, 3.05) is 13.1 Å². The normalized spacial score (nSPS) is 20.0. The number of benzene rings is 1. The Balaban J connectivity index is 1.94. The molecule has 1 fully saturated rings. The largest absolute Gasteiger partial charge is 0.299 e. The van der Waals surface area contributed by atoms with Crippen LogP contribution in [0.4, 0.5) is 4.39 Å². The first kappa shape index (κ1) is 14.5. The number of alkyl halides is 1. The molecule has 1 aliphatic heterocycles. The topological polar surface area (TPSA) is 3.24 Å². The molecule has 1 atom stereocenters. The maximum atomic E-state index is 13.4. The molecule has 1 aliphatic rings. The van der Waals surface area contributed by atoms with Gasteiger partial charge in [0.25, 0.3) is 0 Å². The number of likely N-dealkylation sites (tertiary alicyclic amines) is 1. The minimum Gasteiger partial charge on any atom is -0.299 e. The highest BCUT2D eigenvalue weighted by Gasteiger charge is 2.22. The van der Waals surface area contributed by atoms with E-state index in [4.69, 9.17) is 0 Å². The van der Waals surface area contributed by atoms with Gasteiger partial charge in [0.1, 0.15) is 5.82 Å². The maximum Gasteiger partial charge on any atom is 0.137 e. The number of halogens is 3. The predicted octanol–water partition coefficient (Wildman–Crippen LogP) is 4.58. The average Bonchev–Trinajstić information content (AvgIpc) is 2.36. The van der Waals surface area contributed by atoms with Crippen molar-refractivity contribution in [3.63, 3.8) is 0 Å². The van der Waals surface area contributed by atoms with Crippen LogP contribution in [0, 0.1) is 11.7 Å². The molecule has 1 nitrogen and oxygen atoms in total. The molecule has 1 heterocycles. The van der Waals surface area contributed by atoms with Crippen LogP contribution in [0.5, 0.6) is 0 Å². The molecular weight excluding hydrogens is 361 g/mol. The third kappa shape index (κ3) is 3.55. The minimum absolute atomic E-state index is 0.170. The van der Waals surface area contributed by atoms with E-state index in [2.05, 4.69) is 43.7 Å². The summed E-state index contributed by atoms with van der Waals surface area (Å²) in [5, 5.41) is 0. The Bertz CT molecular complexity index is 401. The Morgan fingerprint density at radius 1 is 1.39 bits per heavy atom. The summed E-state index contributed by atoms with van der Waals surface area (Å²) in [5.41, 5.74) is 1.04. The lowest BCUT2D eigenvalue weighted by Gasteiger charge is -2.33. The lowest BCUT2D eigenvalue weighted by atomic mass is 9.94. The molecule has 1 aromatic rings. The van der Waals surface area contributed by atoms with E-state index < -0.39 is 0 Å². The van der Waals surface area contributed by atoms with E-state index >= 15 is 0 Å². The molecule has 0 spiro atoms. The van der Waals surface area contributed by atoms with Gasteiger partial charge in [-0.05, 0) is 59.4 Å². The fraction of sp³-hybridized carbons (Fsp3) is 0.571. The van der Waals surface area contributed by atoms with Gasteiger partial charge >= 0.3 is 0 Å². The van der Waals surface area contributed by atoms with E-state index in [0.29, 0.717) is 9.30 Å². The van der Waals surface area contributed by atoms with Crippen LogP contribution in [0.15, 0.2) is 22.7 Å². The van der Waals surface area contributed by atoms with Gasteiger partial charge in [0.2, 0.25) is 0 Å². The van der Waals surface area contributed by atoms with Crippen LogP contribution in [0.1, 0.15) is 25.3 Å². The van der Waals surface area contributed by atoms with Crippen LogP contribution in [0.2, 0.25) is 0 Å². The molecule has 2 rings (SSSR count). The van der Waals surface area contributed by atoms with Crippen LogP contribution in [-0.2, 0) is 6.54 Å². The number of hydrogen-bond acceptors (Lipinski definition) is 1. The van der Waals surface area contributed by atoms with Gasteiger partial charge in [-0.2, -0.15) is 0 Å². The summed E-state index contributed by atoms with van der Waals surface area (Å²) in [6.07, 6.45) is 2.44. The maximum absolute atomic E-state index is 13.4. The zero-order valence-electron chi connectivity index (χ0n) is 10.5. The molecule has 1 saturated heterocycles. The summed E-state index contributed by atoms with van der Waals surface area (Å²) in [7, 11) is 0. The van der Waals surface area contributed by atoms with Crippen molar-refractivity contribution in [3.8, 4) is 0 Å². The van der Waals surface area contributed by atoms with Gasteiger partial charge in [-0.15, -0.1) is 0 Å². The summed E-state index contributed by atoms with van der Waals surface area (Å²) in [6, 6.07) is 5.27. The van der Waals surface area contributed by atoms with Gasteiger partial charge in [-0.1, -0.05) is 35.0 Å². The van der Waals surface area contributed by atoms with Gasteiger partial charge in [0.05, 0.1) is 4.47 Å². The first-order valence-electron chi connectivity index (χ1n) is 6.37. The molecule has 1 aromatic carbocycles. The standard InChI is InChI=1S/C14H18Br2FN/c1-10(15)11-5-7-18(8-6-11)9-12-3-2-4-13(17)14(12)16/h2-4,10-11H,5-9H2,1H3. The van der Waals surface area contributed by atoms with E-state index in [1.807, 2.05) is 6.07 Å². The average molecular weight is 379 g/mol. The SMILES string of the molecule is CC(Br)C1CCN(Cc2cccc(F)c2Br)CC1. The Labute approximate surface area is 125 Å². The van der Waals surface area contributed by atoms with E-state index in [9.17, 15) is 4.39 Å². The molecule has 0 bridgehead atoms. The van der Waals surface area contributed by atoms with Gasteiger partial charge in [-0.3, -0.25) is 4.90 Å². The van der Waals surface area contributed by atoms with E-state index in [1.54, 1.807) is 6.07 Å². The Kier molecular flexibility index (Phi) is 5.22. The summed E-state index contributed by atoms with van der Waals surface area (Å²) >= 11 is 7.00. The van der Waals surface area contributed by atoms with Crippen molar-refractivity contribution in [2.24, 2.45) is 5.92 Å². The van der Waals surface area contributed by atoms with Crippen molar-refractivity contribution in [3.05, 3.63) is 34.1 Å². The molecule has 0 saturated carbocycles. The van der Waals surface area contributed by atoms with Gasteiger partial charge < -0.3 is 0 Å². The van der Waals surface area contributed by atoms with Crippen LogP contribution in [0.25, 0.3) is 0 Å². The van der Waals surface area contributed by atoms with Gasteiger partial charge in [0, 0.05) is 11.4 Å². The minimum atomic E-state index is -0.170. The van der Waals surface area contributed by atoms with Crippen molar-refractivity contribution in [1.29, 1.82) is 0 Å². The van der Waals surface area contributed by atoms with Crippen molar-refractivity contribution in [2.45, 2.75) is 31.1 Å². The quantitative estimate of drug-likeness (QED) is 0.695. The summed E-state index contributed by atoms with van der Waals surface area (Å²) in [4.78, 5) is 3.01. The molecule has 0 N–H and O–H groups in total. The molecule has 0 aliphatic carbocycles. The lowest BCUT2D eigenvalue weighted by Crippen LogP contribution is -2.35. The zero-order chi connectivity index (χ0) is 13.1. The lowest BCUT2D eigenvalue weighted by molar-refractivity contribution is 0.178. The number of nitrogens with zero attached hydrogens (tertiary/aromatic N) is 1. The third-order valence-corrected chi connectivity index (χ3v) is 5.34. The first-order valence-corrected chi connectivity index (χ1v) is 8.08. The highest BCUT2D eigenvalue weighted by atomic mass is 79.9. The van der Waals surface area contributed by atoms with Gasteiger partial charge in [-0.25, -0.2) is 4.39 Å². The predicted molar refractivity (Wildman–Crippen MR) is 80.5 cm³/mol. The van der Waals surface area contributed by atoms with E-state index in [0.717, 1.165) is 31.1 Å².